The van der Waals surface area contributed by atoms with Crippen LogP contribution in [0.5, 0.6) is 0 Å². The van der Waals surface area contributed by atoms with Crippen molar-refractivity contribution < 1.29 is 9.90 Å². The molecule has 1 aliphatic rings. The molecule has 0 radical (unpaired) electrons. The molecule has 2 heteroatoms. The molecule has 3 atom stereocenters. The van der Waals surface area contributed by atoms with E-state index in [-0.39, 0.29) is 6.42 Å². The van der Waals surface area contributed by atoms with Crippen molar-refractivity contribution in [1.82, 2.24) is 0 Å². The average Bonchev–Trinajstić information content (AvgIpc) is 2.36. The fourth-order valence-corrected chi connectivity index (χ4v) is 4.25. The maximum atomic E-state index is 10.6. The van der Waals surface area contributed by atoms with Crippen molar-refractivity contribution in [3.05, 3.63) is 11.6 Å². The maximum absolute atomic E-state index is 10.6. The van der Waals surface area contributed by atoms with E-state index in [4.69, 9.17) is 5.11 Å². The van der Waals surface area contributed by atoms with Crippen molar-refractivity contribution in [3.8, 4) is 0 Å². The Hall–Kier alpha value is -0.790. The molecular weight excluding hydrogens is 272 g/mol. The first-order valence-electron chi connectivity index (χ1n) is 9.10. The van der Waals surface area contributed by atoms with Crippen LogP contribution in [0.2, 0.25) is 0 Å². The van der Waals surface area contributed by atoms with Crippen LogP contribution in [0.3, 0.4) is 0 Å². The minimum absolute atomic E-state index is 0.183. The standard InChI is InChI=1S/C20H36O2/c1-15(8-6-9-16(2)14-19(21)22)11-12-18-17(3)10-7-13-20(18,4)5/h9,15,17-18H,6-8,10-14H2,1-5H3,(H,21,22)/b16-9+/t15?,17-,18+/m1/s1. The summed E-state index contributed by atoms with van der Waals surface area (Å²) in [6.45, 7) is 11.6. The van der Waals surface area contributed by atoms with Crippen molar-refractivity contribution in [2.75, 3.05) is 0 Å². The van der Waals surface area contributed by atoms with Gasteiger partial charge in [-0.15, -0.1) is 0 Å². The van der Waals surface area contributed by atoms with E-state index in [2.05, 4.69) is 33.8 Å². The van der Waals surface area contributed by atoms with E-state index in [0.29, 0.717) is 5.41 Å². The highest BCUT2D eigenvalue weighted by Gasteiger charge is 2.36. The van der Waals surface area contributed by atoms with Gasteiger partial charge < -0.3 is 5.11 Å². The summed E-state index contributed by atoms with van der Waals surface area (Å²) in [6, 6.07) is 0. The molecule has 0 aromatic rings. The normalized spacial score (nSPS) is 26.7. The van der Waals surface area contributed by atoms with Gasteiger partial charge in [-0.05, 0) is 55.8 Å². The number of carbonyl (C=O) groups is 1. The van der Waals surface area contributed by atoms with E-state index in [1.54, 1.807) is 0 Å². The molecule has 1 N–H and O–H groups in total. The maximum Gasteiger partial charge on any atom is 0.307 e. The second-order valence-corrected chi connectivity index (χ2v) is 8.35. The highest BCUT2D eigenvalue weighted by molar-refractivity contribution is 5.69. The van der Waals surface area contributed by atoms with Crippen LogP contribution >= 0.6 is 0 Å². The monoisotopic (exact) mass is 308 g/mol. The lowest BCUT2D eigenvalue weighted by Gasteiger charge is -2.43. The number of aliphatic carboxylic acids is 1. The fraction of sp³-hybridized carbons (Fsp3) is 0.850. The van der Waals surface area contributed by atoms with Crippen LogP contribution in [0, 0.1) is 23.2 Å². The highest BCUT2D eigenvalue weighted by Crippen LogP contribution is 2.46. The van der Waals surface area contributed by atoms with Crippen LogP contribution < -0.4 is 0 Å². The van der Waals surface area contributed by atoms with Crippen LogP contribution in [-0.2, 0) is 4.79 Å². The summed E-state index contributed by atoms with van der Waals surface area (Å²) in [6.07, 6.45) is 11.3. The molecule has 0 spiro atoms. The second-order valence-electron chi connectivity index (χ2n) is 8.35. The number of hydrogen-bond acceptors (Lipinski definition) is 1. The quantitative estimate of drug-likeness (QED) is 0.553. The summed E-state index contributed by atoms with van der Waals surface area (Å²) in [5.74, 6) is 1.75. The molecule has 2 nitrogen and oxygen atoms in total. The van der Waals surface area contributed by atoms with Crippen molar-refractivity contribution in [2.45, 2.75) is 86.0 Å². The third-order valence-corrected chi connectivity index (χ3v) is 5.72. The zero-order valence-corrected chi connectivity index (χ0v) is 15.3. The number of allylic oxidation sites excluding steroid dienone is 1. The molecule has 0 aliphatic heterocycles. The first-order valence-corrected chi connectivity index (χ1v) is 9.10. The van der Waals surface area contributed by atoms with Gasteiger partial charge in [0.25, 0.3) is 0 Å². The lowest BCUT2D eigenvalue weighted by atomic mass is 9.62. The third kappa shape index (κ3) is 6.54. The Bertz CT molecular complexity index is 381. The van der Waals surface area contributed by atoms with Crippen LogP contribution in [0.4, 0.5) is 0 Å². The molecule has 1 rings (SSSR count). The predicted octanol–water partition coefficient (Wildman–Crippen LogP) is 6.07. The Kier molecular flexibility index (Phi) is 7.65. The van der Waals surface area contributed by atoms with Gasteiger partial charge in [-0.3, -0.25) is 4.79 Å². The Labute approximate surface area is 137 Å². The molecule has 0 aromatic carbocycles. The summed E-state index contributed by atoms with van der Waals surface area (Å²) in [5, 5.41) is 8.75. The fourth-order valence-electron chi connectivity index (χ4n) is 4.25. The Morgan fingerprint density at radius 1 is 1.36 bits per heavy atom. The van der Waals surface area contributed by atoms with Crippen molar-refractivity contribution in [3.63, 3.8) is 0 Å². The Morgan fingerprint density at radius 3 is 2.64 bits per heavy atom. The van der Waals surface area contributed by atoms with Crippen LogP contribution in [-0.4, -0.2) is 11.1 Å². The Balaban J connectivity index is 2.33. The van der Waals surface area contributed by atoms with Gasteiger partial charge in [-0.2, -0.15) is 0 Å². The molecule has 0 heterocycles. The molecule has 22 heavy (non-hydrogen) atoms. The molecule has 0 aromatic heterocycles. The smallest absolute Gasteiger partial charge is 0.307 e. The second kappa shape index (κ2) is 8.74. The summed E-state index contributed by atoms with van der Waals surface area (Å²) in [4.78, 5) is 10.6. The van der Waals surface area contributed by atoms with Crippen molar-refractivity contribution >= 4 is 5.97 Å². The van der Waals surface area contributed by atoms with E-state index in [1.807, 2.05) is 6.92 Å². The number of carboxylic acid groups (broad SMARTS) is 1. The van der Waals surface area contributed by atoms with Gasteiger partial charge in [-0.1, -0.05) is 58.6 Å². The van der Waals surface area contributed by atoms with E-state index in [9.17, 15) is 4.79 Å². The number of carboxylic acids is 1. The molecule has 1 saturated carbocycles. The van der Waals surface area contributed by atoms with E-state index >= 15 is 0 Å². The molecule has 1 unspecified atom stereocenters. The SMILES string of the molecule is C/C(=C\CCC(C)CC[C@H]1[C@H](C)CCCC1(C)C)CC(=O)O. The van der Waals surface area contributed by atoms with Gasteiger partial charge in [0, 0.05) is 0 Å². The van der Waals surface area contributed by atoms with E-state index in [0.717, 1.165) is 29.7 Å². The van der Waals surface area contributed by atoms with Gasteiger partial charge in [0.1, 0.15) is 0 Å². The third-order valence-electron chi connectivity index (χ3n) is 5.72. The number of rotatable bonds is 8. The summed E-state index contributed by atoms with van der Waals surface area (Å²) in [7, 11) is 0. The molecule has 1 aliphatic carbocycles. The van der Waals surface area contributed by atoms with Gasteiger partial charge in [0.2, 0.25) is 0 Å². The van der Waals surface area contributed by atoms with Crippen molar-refractivity contribution in [2.24, 2.45) is 23.2 Å². The Morgan fingerprint density at radius 2 is 2.05 bits per heavy atom. The first kappa shape index (κ1) is 19.3. The zero-order valence-electron chi connectivity index (χ0n) is 15.3. The van der Waals surface area contributed by atoms with E-state index in [1.165, 1.54) is 38.5 Å². The summed E-state index contributed by atoms with van der Waals surface area (Å²) < 4.78 is 0. The lowest BCUT2D eigenvalue weighted by molar-refractivity contribution is -0.136. The van der Waals surface area contributed by atoms with Crippen LogP contribution in [0.25, 0.3) is 0 Å². The van der Waals surface area contributed by atoms with Gasteiger partial charge >= 0.3 is 5.97 Å². The highest BCUT2D eigenvalue weighted by atomic mass is 16.4. The van der Waals surface area contributed by atoms with Gasteiger partial charge in [0.05, 0.1) is 6.42 Å². The molecule has 1 fully saturated rings. The molecular formula is C20H36O2. The topological polar surface area (TPSA) is 37.3 Å². The van der Waals surface area contributed by atoms with Gasteiger partial charge in [-0.25, -0.2) is 0 Å². The number of hydrogen-bond donors (Lipinski definition) is 1. The zero-order chi connectivity index (χ0) is 16.8. The summed E-state index contributed by atoms with van der Waals surface area (Å²) >= 11 is 0. The average molecular weight is 309 g/mol. The van der Waals surface area contributed by atoms with Gasteiger partial charge in [0.15, 0.2) is 0 Å². The molecule has 0 amide bonds. The first-order chi connectivity index (χ1) is 10.2. The molecule has 0 bridgehead atoms. The van der Waals surface area contributed by atoms with Crippen molar-refractivity contribution in [1.29, 1.82) is 0 Å². The molecule has 0 saturated heterocycles. The lowest BCUT2D eigenvalue weighted by Crippen LogP contribution is -2.33. The minimum Gasteiger partial charge on any atom is -0.481 e. The minimum atomic E-state index is -0.727. The largest absolute Gasteiger partial charge is 0.481 e. The summed E-state index contributed by atoms with van der Waals surface area (Å²) in [5.41, 5.74) is 1.50. The predicted molar refractivity (Wildman–Crippen MR) is 93.9 cm³/mol. The van der Waals surface area contributed by atoms with Crippen LogP contribution in [0.15, 0.2) is 11.6 Å². The molecule has 128 valence electrons. The van der Waals surface area contributed by atoms with Crippen LogP contribution in [0.1, 0.15) is 86.0 Å². The van der Waals surface area contributed by atoms with E-state index < -0.39 is 5.97 Å².